The summed E-state index contributed by atoms with van der Waals surface area (Å²) in [6.45, 7) is 2.68. The number of benzene rings is 2. The first-order valence-corrected chi connectivity index (χ1v) is 12.4. The van der Waals surface area contributed by atoms with Crippen molar-refractivity contribution >= 4 is 46.2 Å². The van der Waals surface area contributed by atoms with Crippen molar-refractivity contribution in [3.05, 3.63) is 84.4 Å². The van der Waals surface area contributed by atoms with Crippen LogP contribution in [0, 0.1) is 0 Å². The number of morpholine rings is 1. The van der Waals surface area contributed by atoms with Crippen LogP contribution in [-0.4, -0.2) is 63.3 Å². The number of fused-ring (bicyclic) bond motifs is 2. The number of carboxylic acids is 1. The van der Waals surface area contributed by atoms with Gasteiger partial charge in [-0.25, -0.2) is 15.0 Å². The first kappa shape index (κ1) is 23.6. The number of anilines is 2. The highest BCUT2D eigenvalue weighted by Gasteiger charge is 2.19. The number of pyridine rings is 1. The molecule has 38 heavy (non-hydrogen) atoms. The number of rotatable bonds is 7. The Labute approximate surface area is 219 Å². The highest BCUT2D eigenvalue weighted by molar-refractivity contribution is 5.81. The van der Waals surface area contributed by atoms with Gasteiger partial charge in [-0.1, -0.05) is 36.4 Å². The summed E-state index contributed by atoms with van der Waals surface area (Å²) in [7, 11) is 0. The third-order valence-corrected chi connectivity index (χ3v) is 6.47. The molecular formula is C29H26N6O3. The summed E-state index contributed by atoms with van der Waals surface area (Å²) in [5, 5.41) is 12.9. The second-order valence-electron chi connectivity index (χ2n) is 9.01. The maximum atomic E-state index is 10.9. The van der Waals surface area contributed by atoms with Gasteiger partial charge in [0.1, 0.15) is 6.54 Å². The van der Waals surface area contributed by atoms with Crippen LogP contribution in [0.3, 0.4) is 0 Å². The van der Waals surface area contributed by atoms with E-state index in [1.54, 1.807) is 0 Å². The van der Waals surface area contributed by atoms with E-state index in [2.05, 4.69) is 20.7 Å². The molecule has 0 spiro atoms. The van der Waals surface area contributed by atoms with E-state index in [0.717, 1.165) is 63.8 Å². The van der Waals surface area contributed by atoms with Gasteiger partial charge in [0, 0.05) is 35.9 Å². The Morgan fingerprint density at radius 2 is 1.76 bits per heavy atom. The van der Waals surface area contributed by atoms with E-state index in [-0.39, 0.29) is 6.54 Å². The summed E-state index contributed by atoms with van der Waals surface area (Å²) in [6.07, 6.45) is 7.80. The lowest BCUT2D eigenvalue weighted by atomic mass is 10.1. The summed E-state index contributed by atoms with van der Waals surface area (Å²) in [4.78, 5) is 27.6. The number of nitrogens with zero attached hydrogens (tertiary/aromatic N) is 5. The topological polar surface area (TPSA) is 105 Å². The maximum absolute atomic E-state index is 10.9. The van der Waals surface area contributed by atoms with Gasteiger partial charge in [-0.2, -0.15) is 0 Å². The van der Waals surface area contributed by atoms with Crippen molar-refractivity contribution in [2.24, 2.45) is 0 Å². The lowest BCUT2D eigenvalue weighted by Gasteiger charge is -2.28. The van der Waals surface area contributed by atoms with Crippen molar-refractivity contribution in [2.45, 2.75) is 0 Å². The van der Waals surface area contributed by atoms with Gasteiger partial charge in [0.05, 0.1) is 42.0 Å². The number of hydrogen-bond donors (Lipinski definition) is 2. The number of hydrogen-bond acceptors (Lipinski definition) is 7. The third kappa shape index (κ3) is 4.91. The lowest BCUT2D eigenvalue weighted by molar-refractivity contribution is -0.134. The molecule has 1 saturated heterocycles. The summed E-state index contributed by atoms with van der Waals surface area (Å²) < 4.78 is 7.60. The number of aromatic nitrogens is 4. The van der Waals surface area contributed by atoms with Gasteiger partial charge in [0.2, 0.25) is 0 Å². The van der Waals surface area contributed by atoms with Crippen LogP contribution < -0.4 is 10.2 Å². The highest BCUT2D eigenvalue weighted by atomic mass is 16.5. The predicted molar refractivity (Wildman–Crippen MR) is 148 cm³/mol. The predicted octanol–water partition coefficient (Wildman–Crippen LogP) is 4.45. The van der Waals surface area contributed by atoms with Crippen molar-refractivity contribution in [2.75, 3.05) is 43.1 Å². The van der Waals surface area contributed by atoms with Gasteiger partial charge in [-0.05, 0) is 36.4 Å². The maximum Gasteiger partial charge on any atom is 0.322 e. The number of nitrogens with one attached hydrogen (secondary N) is 1. The van der Waals surface area contributed by atoms with Crippen molar-refractivity contribution < 1.29 is 14.6 Å². The van der Waals surface area contributed by atoms with Crippen LogP contribution in [0.4, 0.5) is 11.5 Å². The Balaban J connectivity index is 1.37. The van der Waals surface area contributed by atoms with Crippen LogP contribution in [0.5, 0.6) is 0 Å². The van der Waals surface area contributed by atoms with Gasteiger partial charge >= 0.3 is 5.97 Å². The number of carbonyl (C=O) groups is 1. The molecule has 0 unspecified atom stereocenters. The zero-order valence-corrected chi connectivity index (χ0v) is 20.6. The fourth-order valence-corrected chi connectivity index (χ4v) is 4.56. The summed E-state index contributed by atoms with van der Waals surface area (Å²) in [6, 6.07) is 19.7. The molecule has 0 aliphatic carbocycles. The van der Waals surface area contributed by atoms with Crippen LogP contribution in [0.25, 0.3) is 40.0 Å². The monoisotopic (exact) mass is 506 g/mol. The molecule has 3 aromatic heterocycles. The Hall–Kier alpha value is -4.76. The summed E-state index contributed by atoms with van der Waals surface area (Å²) in [5.41, 5.74) is 5.94. The molecule has 4 heterocycles. The zero-order valence-electron chi connectivity index (χ0n) is 20.6. The second-order valence-corrected chi connectivity index (χ2v) is 9.01. The Kier molecular flexibility index (Phi) is 6.41. The van der Waals surface area contributed by atoms with Crippen molar-refractivity contribution in [3.8, 4) is 11.3 Å². The number of carboxylic acid groups (broad SMARTS) is 1. The number of para-hydroxylation sites is 1. The minimum absolute atomic E-state index is 0.136. The van der Waals surface area contributed by atoms with Gasteiger partial charge in [0.15, 0.2) is 11.5 Å². The highest BCUT2D eigenvalue weighted by Crippen LogP contribution is 2.28. The van der Waals surface area contributed by atoms with E-state index < -0.39 is 5.97 Å². The average molecular weight is 507 g/mol. The molecule has 0 bridgehead atoms. The first-order chi connectivity index (χ1) is 18.6. The van der Waals surface area contributed by atoms with Gasteiger partial charge in [0.25, 0.3) is 0 Å². The second kappa shape index (κ2) is 10.3. The molecule has 2 aromatic carbocycles. The fourth-order valence-electron chi connectivity index (χ4n) is 4.56. The molecule has 0 radical (unpaired) electrons. The van der Waals surface area contributed by atoms with E-state index in [9.17, 15) is 4.79 Å². The minimum Gasteiger partial charge on any atom is -0.480 e. The third-order valence-electron chi connectivity index (χ3n) is 6.47. The average Bonchev–Trinajstić information content (AvgIpc) is 3.39. The molecule has 2 N–H and O–H groups in total. The van der Waals surface area contributed by atoms with Gasteiger partial charge < -0.3 is 20.1 Å². The molecule has 0 amide bonds. The Bertz CT molecular complexity index is 1640. The van der Waals surface area contributed by atoms with Crippen LogP contribution in [0.2, 0.25) is 0 Å². The van der Waals surface area contributed by atoms with E-state index in [1.165, 1.54) is 0 Å². The Morgan fingerprint density at radius 3 is 2.58 bits per heavy atom. The lowest BCUT2D eigenvalue weighted by Crippen LogP contribution is -2.37. The zero-order chi connectivity index (χ0) is 25.9. The van der Waals surface area contributed by atoms with Crippen molar-refractivity contribution in [3.63, 3.8) is 0 Å². The molecule has 0 atom stereocenters. The van der Waals surface area contributed by atoms with Crippen LogP contribution in [0.1, 0.15) is 11.4 Å². The summed E-state index contributed by atoms with van der Waals surface area (Å²) >= 11 is 0. The Morgan fingerprint density at radius 1 is 0.974 bits per heavy atom. The van der Waals surface area contributed by atoms with Crippen molar-refractivity contribution in [1.82, 2.24) is 19.4 Å². The molecule has 6 rings (SSSR count). The number of ether oxygens (including phenoxy) is 1. The van der Waals surface area contributed by atoms with E-state index in [1.807, 2.05) is 79.1 Å². The minimum atomic E-state index is -0.906. The molecule has 0 saturated carbocycles. The SMILES string of the molecule is O=C(O)CNc1ccc(-c2cnc(N3CCOCC3)c3nc(C=Cc4ccc5ccccc5n4)cn23)cc1. The van der Waals surface area contributed by atoms with E-state index >= 15 is 0 Å². The number of imidazole rings is 1. The van der Waals surface area contributed by atoms with E-state index in [0.29, 0.717) is 13.2 Å². The number of aliphatic carboxylic acids is 1. The normalized spacial score (nSPS) is 13.9. The smallest absolute Gasteiger partial charge is 0.322 e. The molecule has 1 aliphatic rings. The standard InChI is InChI=1S/C29H26N6O3/c36-27(37)18-30-22-8-6-21(7-9-22)26-17-31-28(34-13-15-38-16-14-34)29-33-24(19-35(26)29)12-11-23-10-5-20-3-1-2-4-25(20)32-23/h1-12,17,19,30H,13-16,18H2,(H,36,37). The fraction of sp³-hybridized carbons (Fsp3) is 0.172. The molecular weight excluding hydrogens is 480 g/mol. The molecule has 190 valence electrons. The van der Waals surface area contributed by atoms with Crippen LogP contribution in [-0.2, 0) is 9.53 Å². The van der Waals surface area contributed by atoms with Crippen LogP contribution in [0.15, 0.2) is 73.1 Å². The summed E-state index contributed by atoms with van der Waals surface area (Å²) in [5.74, 6) is -0.0862. The molecule has 9 heteroatoms. The quantitative estimate of drug-likeness (QED) is 0.334. The molecule has 5 aromatic rings. The van der Waals surface area contributed by atoms with E-state index in [4.69, 9.17) is 24.8 Å². The molecule has 9 nitrogen and oxygen atoms in total. The van der Waals surface area contributed by atoms with Gasteiger partial charge in [-0.3, -0.25) is 9.20 Å². The van der Waals surface area contributed by atoms with Crippen LogP contribution >= 0.6 is 0 Å². The van der Waals surface area contributed by atoms with Gasteiger partial charge in [-0.15, -0.1) is 0 Å². The molecule has 1 aliphatic heterocycles. The molecule has 1 fully saturated rings. The largest absolute Gasteiger partial charge is 0.480 e. The van der Waals surface area contributed by atoms with Crippen molar-refractivity contribution in [1.29, 1.82) is 0 Å². The first-order valence-electron chi connectivity index (χ1n) is 12.4.